The zero-order valence-electron chi connectivity index (χ0n) is 14.3. The number of aromatic nitrogens is 1. The van der Waals surface area contributed by atoms with Crippen molar-refractivity contribution in [2.45, 2.75) is 53.0 Å². The van der Waals surface area contributed by atoms with Crippen molar-refractivity contribution in [3.05, 3.63) is 17.5 Å². The van der Waals surface area contributed by atoms with Crippen LogP contribution in [0, 0.1) is 11.8 Å². The third-order valence-corrected chi connectivity index (χ3v) is 4.08. The number of carbonyl (C=O) groups is 2. The first-order chi connectivity index (χ1) is 11.0. The molecule has 2 rings (SSSR count). The zero-order chi connectivity index (χ0) is 16.8. The molecule has 0 aromatic carbocycles. The van der Waals surface area contributed by atoms with Gasteiger partial charge in [0.1, 0.15) is 0 Å². The fraction of sp³-hybridized carbons (Fsp3) is 0.706. The third kappa shape index (κ3) is 4.81. The van der Waals surface area contributed by atoms with Crippen LogP contribution in [0.3, 0.4) is 0 Å². The summed E-state index contributed by atoms with van der Waals surface area (Å²) in [7, 11) is 0. The van der Waals surface area contributed by atoms with E-state index in [1.54, 1.807) is 6.07 Å². The molecule has 1 saturated carbocycles. The first-order valence-electron chi connectivity index (χ1n) is 8.53. The minimum absolute atomic E-state index is 0.138. The maximum Gasteiger partial charge on any atom is 0.273 e. The van der Waals surface area contributed by atoms with Crippen LogP contribution in [0.15, 0.2) is 10.6 Å². The SMILES string of the molecule is CCNC(=O)c1cc(CN(CC(C)C)C(=O)C2CCCC2)on1. The molecule has 1 heterocycles. The quantitative estimate of drug-likeness (QED) is 0.837. The second-order valence-electron chi connectivity index (χ2n) is 6.63. The van der Waals surface area contributed by atoms with Crippen molar-refractivity contribution >= 4 is 11.8 Å². The second kappa shape index (κ2) is 8.13. The molecule has 1 aromatic rings. The predicted octanol–water partition coefficient (Wildman–Crippen LogP) is 2.60. The Bertz CT molecular complexity index is 533. The van der Waals surface area contributed by atoms with Gasteiger partial charge in [-0.25, -0.2) is 0 Å². The first kappa shape index (κ1) is 17.5. The highest BCUT2D eigenvalue weighted by atomic mass is 16.5. The van der Waals surface area contributed by atoms with Gasteiger partial charge in [0.15, 0.2) is 11.5 Å². The Balaban J connectivity index is 2.05. The van der Waals surface area contributed by atoms with Crippen molar-refractivity contribution in [2.24, 2.45) is 11.8 Å². The molecule has 2 amide bonds. The van der Waals surface area contributed by atoms with E-state index in [9.17, 15) is 9.59 Å². The summed E-state index contributed by atoms with van der Waals surface area (Å²) < 4.78 is 5.25. The zero-order valence-corrected chi connectivity index (χ0v) is 14.3. The Kier molecular flexibility index (Phi) is 6.19. The van der Waals surface area contributed by atoms with Crippen LogP contribution in [0.25, 0.3) is 0 Å². The summed E-state index contributed by atoms with van der Waals surface area (Å²) in [5, 5.41) is 6.49. The number of amides is 2. The number of carbonyl (C=O) groups excluding carboxylic acids is 2. The lowest BCUT2D eigenvalue weighted by molar-refractivity contribution is -0.136. The van der Waals surface area contributed by atoms with Crippen molar-refractivity contribution in [3.63, 3.8) is 0 Å². The number of rotatable bonds is 7. The van der Waals surface area contributed by atoms with Crippen LogP contribution in [-0.2, 0) is 11.3 Å². The fourth-order valence-electron chi connectivity index (χ4n) is 3.04. The van der Waals surface area contributed by atoms with Gasteiger partial charge in [-0.3, -0.25) is 9.59 Å². The molecule has 0 atom stereocenters. The van der Waals surface area contributed by atoms with Crippen LogP contribution in [-0.4, -0.2) is 35.0 Å². The molecule has 0 spiro atoms. The molecule has 6 heteroatoms. The van der Waals surface area contributed by atoms with Crippen LogP contribution in [0.5, 0.6) is 0 Å². The molecule has 6 nitrogen and oxygen atoms in total. The number of hydrogen-bond donors (Lipinski definition) is 1. The molecule has 1 aliphatic rings. The van der Waals surface area contributed by atoms with E-state index in [2.05, 4.69) is 24.3 Å². The van der Waals surface area contributed by atoms with Gasteiger partial charge in [-0.05, 0) is 25.7 Å². The number of nitrogens with one attached hydrogen (secondary N) is 1. The highest BCUT2D eigenvalue weighted by molar-refractivity contribution is 5.92. The Morgan fingerprint density at radius 1 is 1.39 bits per heavy atom. The normalized spacial score (nSPS) is 15.1. The van der Waals surface area contributed by atoms with Crippen molar-refractivity contribution in [1.82, 2.24) is 15.4 Å². The maximum atomic E-state index is 12.7. The van der Waals surface area contributed by atoms with Crippen molar-refractivity contribution < 1.29 is 14.1 Å². The average molecular weight is 321 g/mol. The van der Waals surface area contributed by atoms with Crippen LogP contribution in [0.2, 0.25) is 0 Å². The number of hydrogen-bond acceptors (Lipinski definition) is 4. The van der Waals surface area contributed by atoms with Gasteiger partial charge in [0.05, 0.1) is 6.54 Å². The number of nitrogens with zero attached hydrogens (tertiary/aromatic N) is 2. The van der Waals surface area contributed by atoms with E-state index in [1.165, 1.54) is 0 Å². The van der Waals surface area contributed by atoms with Gasteiger partial charge < -0.3 is 14.7 Å². The van der Waals surface area contributed by atoms with Gasteiger partial charge >= 0.3 is 0 Å². The fourth-order valence-corrected chi connectivity index (χ4v) is 3.04. The van der Waals surface area contributed by atoms with Gasteiger partial charge in [-0.1, -0.05) is 31.8 Å². The van der Waals surface area contributed by atoms with E-state index >= 15 is 0 Å². The molecule has 23 heavy (non-hydrogen) atoms. The van der Waals surface area contributed by atoms with Gasteiger partial charge in [-0.2, -0.15) is 0 Å². The summed E-state index contributed by atoms with van der Waals surface area (Å²) in [6.07, 6.45) is 4.23. The van der Waals surface area contributed by atoms with Gasteiger partial charge in [0, 0.05) is 25.1 Å². The van der Waals surface area contributed by atoms with Crippen molar-refractivity contribution in [3.8, 4) is 0 Å². The maximum absolute atomic E-state index is 12.7. The van der Waals surface area contributed by atoms with E-state index in [0.29, 0.717) is 31.3 Å². The highest BCUT2D eigenvalue weighted by Gasteiger charge is 2.28. The standard InChI is InChI=1S/C17H27N3O3/c1-4-18-16(21)15-9-14(23-19-15)11-20(10-12(2)3)17(22)13-7-5-6-8-13/h9,12-13H,4-8,10-11H2,1-3H3,(H,18,21). The van der Waals surface area contributed by atoms with Crippen LogP contribution < -0.4 is 5.32 Å². The molecule has 0 unspecified atom stereocenters. The summed E-state index contributed by atoms with van der Waals surface area (Å²) >= 11 is 0. The molecule has 1 fully saturated rings. The molecule has 0 aliphatic heterocycles. The van der Waals surface area contributed by atoms with E-state index in [1.807, 2.05) is 11.8 Å². The monoisotopic (exact) mass is 321 g/mol. The van der Waals surface area contributed by atoms with E-state index in [-0.39, 0.29) is 23.4 Å². The Labute approximate surface area is 137 Å². The minimum Gasteiger partial charge on any atom is -0.359 e. The average Bonchev–Trinajstić information content (AvgIpc) is 3.17. The molecule has 1 aromatic heterocycles. The van der Waals surface area contributed by atoms with Crippen LogP contribution in [0.4, 0.5) is 0 Å². The van der Waals surface area contributed by atoms with E-state index in [4.69, 9.17) is 4.52 Å². The van der Waals surface area contributed by atoms with Gasteiger partial charge in [-0.15, -0.1) is 0 Å². The molecule has 0 saturated heterocycles. The Morgan fingerprint density at radius 2 is 2.09 bits per heavy atom. The lowest BCUT2D eigenvalue weighted by Gasteiger charge is -2.26. The Hall–Kier alpha value is -1.85. The van der Waals surface area contributed by atoms with Crippen LogP contribution >= 0.6 is 0 Å². The lowest BCUT2D eigenvalue weighted by atomic mass is 10.1. The van der Waals surface area contributed by atoms with Crippen molar-refractivity contribution in [2.75, 3.05) is 13.1 Å². The highest BCUT2D eigenvalue weighted by Crippen LogP contribution is 2.27. The van der Waals surface area contributed by atoms with Crippen molar-refractivity contribution in [1.29, 1.82) is 0 Å². The van der Waals surface area contributed by atoms with E-state index < -0.39 is 0 Å². The van der Waals surface area contributed by atoms with Crippen LogP contribution in [0.1, 0.15) is 62.7 Å². The molecular formula is C17H27N3O3. The first-order valence-corrected chi connectivity index (χ1v) is 8.53. The predicted molar refractivity (Wildman–Crippen MR) is 86.7 cm³/mol. The molecular weight excluding hydrogens is 294 g/mol. The van der Waals surface area contributed by atoms with E-state index in [0.717, 1.165) is 25.7 Å². The Morgan fingerprint density at radius 3 is 2.70 bits per heavy atom. The summed E-state index contributed by atoms with van der Waals surface area (Å²) in [6, 6.07) is 1.63. The van der Waals surface area contributed by atoms with Gasteiger partial charge in [0.25, 0.3) is 5.91 Å². The smallest absolute Gasteiger partial charge is 0.273 e. The third-order valence-electron chi connectivity index (χ3n) is 4.08. The largest absolute Gasteiger partial charge is 0.359 e. The topological polar surface area (TPSA) is 75.4 Å². The second-order valence-corrected chi connectivity index (χ2v) is 6.63. The minimum atomic E-state index is -0.250. The molecule has 1 N–H and O–H groups in total. The summed E-state index contributed by atoms with van der Waals surface area (Å²) in [6.45, 7) is 7.64. The molecule has 1 aliphatic carbocycles. The molecule has 0 bridgehead atoms. The summed E-state index contributed by atoms with van der Waals surface area (Å²) in [5.41, 5.74) is 0.264. The van der Waals surface area contributed by atoms with Gasteiger partial charge in [0.2, 0.25) is 5.91 Å². The molecule has 0 radical (unpaired) electrons. The summed E-state index contributed by atoms with van der Waals surface area (Å²) in [4.78, 5) is 26.3. The molecule has 128 valence electrons. The summed E-state index contributed by atoms with van der Waals surface area (Å²) in [5.74, 6) is 1.02. The lowest BCUT2D eigenvalue weighted by Crippen LogP contribution is -2.37.